The first-order valence-corrected chi connectivity index (χ1v) is 5.88. The minimum Gasteiger partial charge on any atom is -0.378 e. The van der Waals surface area contributed by atoms with E-state index in [-0.39, 0.29) is 11.1 Å². The van der Waals surface area contributed by atoms with Gasteiger partial charge < -0.3 is 4.74 Å². The lowest BCUT2D eigenvalue weighted by Gasteiger charge is -2.04. The predicted octanol–water partition coefficient (Wildman–Crippen LogP) is 2.49. The van der Waals surface area contributed by atoms with E-state index in [0.29, 0.717) is 17.8 Å². The van der Waals surface area contributed by atoms with Gasteiger partial charge in [-0.1, -0.05) is 0 Å². The number of halogens is 4. The Morgan fingerprint density at radius 2 is 1.89 bits per heavy atom. The van der Waals surface area contributed by atoms with Gasteiger partial charge in [-0.2, -0.15) is 0 Å². The number of nitrogens with one attached hydrogen (secondary N) is 1. The molecule has 0 spiro atoms. The van der Waals surface area contributed by atoms with Gasteiger partial charge in [0, 0.05) is 19.2 Å². The third-order valence-electron chi connectivity index (χ3n) is 2.42. The van der Waals surface area contributed by atoms with Crippen LogP contribution in [0.15, 0.2) is 21.4 Å². The summed E-state index contributed by atoms with van der Waals surface area (Å²) in [5.41, 5.74) is -0.680. The molecule has 1 heterocycles. The Bertz CT molecular complexity index is 681. The molecular formula is C11H8BrF3N2O2. The number of aromatic amines is 1. The molecule has 0 saturated heterocycles. The van der Waals surface area contributed by atoms with Gasteiger partial charge in [-0.3, -0.25) is 9.89 Å². The molecule has 0 aliphatic carbocycles. The zero-order valence-electron chi connectivity index (χ0n) is 9.64. The lowest BCUT2D eigenvalue weighted by atomic mass is 10.3. The van der Waals surface area contributed by atoms with E-state index in [9.17, 15) is 18.0 Å². The van der Waals surface area contributed by atoms with Crippen LogP contribution in [-0.2, 0) is 11.3 Å². The van der Waals surface area contributed by atoms with E-state index in [1.54, 1.807) is 0 Å². The van der Waals surface area contributed by atoms with Gasteiger partial charge in [0.1, 0.15) is 10.2 Å². The molecule has 19 heavy (non-hydrogen) atoms. The number of rotatable bonds is 3. The van der Waals surface area contributed by atoms with Crippen LogP contribution in [-0.4, -0.2) is 16.9 Å². The fourth-order valence-corrected chi connectivity index (χ4v) is 1.94. The average Bonchev–Trinajstić information content (AvgIpc) is 2.63. The largest absolute Gasteiger partial charge is 0.378 e. The van der Waals surface area contributed by atoms with Crippen molar-refractivity contribution in [2.75, 3.05) is 7.11 Å². The van der Waals surface area contributed by atoms with Crippen LogP contribution in [0, 0.1) is 17.5 Å². The lowest BCUT2D eigenvalue weighted by Crippen LogP contribution is -2.16. The fraction of sp³-hybridized carbons (Fsp3) is 0.182. The van der Waals surface area contributed by atoms with Gasteiger partial charge in [0.2, 0.25) is 0 Å². The molecule has 102 valence electrons. The van der Waals surface area contributed by atoms with Gasteiger partial charge >= 0.3 is 0 Å². The van der Waals surface area contributed by atoms with E-state index < -0.39 is 28.7 Å². The highest BCUT2D eigenvalue weighted by atomic mass is 79.9. The smallest absolute Gasteiger partial charge is 0.285 e. The van der Waals surface area contributed by atoms with Crippen molar-refractivity contribution in [2.24, 2.45) is 0 Å². The molecule has 0 unspecified atom stereocenters. The number of ether oxygens (including phenoxy) is 1. The Kier molecular flexibility index (Phi) is 3.81. The molecule has 0 amide bonds. The Labute approximate surface area is 113 Å². The van der Waals surface area contributed by atoms with Crippen molar-refractivity contribution >= 4 is 15.9 Å². The summed E-state index contributed by atoms with van der Waals surface area (Å²) < 4.78 is 45.3. The van der Waals surface area contributed by atoms with Crippen molar-refractivity contribution in [3.05, 3.63) is 50.1 Å². The maximum Gasteiger partial charge on any atom is 0.285 e. The number of methoxy groups -OCH3 is 1. The van der Waals surface area contributed by atoms with Crippen LogP contribution in [0.1, 0.15) is 5.69 Å². The average molecular weight is 337 g/mol. The Hall–Kier alpha value is -1.54. The van der Waals surface area contributed by atoms with Gasteiger partial charge in [-0.05, 0) is 15.9 Å². The summed E-state index contributed by atoms with van der Waals surface area (Å²) in [6, 6.07) is 0.980. The van der Waals surface area contributed by atoms with Crippen LogP contribution in [0.5, 0.6) is 0 Å². The summed E-state index contributed by atoms with van der Waals surface area (Å²) in [4.78, 5) is 11.9. The molecule has 2 rings (SSSR count). The summed E-state index contributed by atoms with van der Waals surface area (Å²) >= 11 is 3.02. The van der Waals surface area contributed by atoms with E-state index in [1.165, 1.54) is 7.11 Å². The van der Waals surface area contributed by atoms with Crippen molar-refractivity contribution in [1.29, 1.82) is 0 Å². The molecule has 2 aromatic rings. The van der Waals surface area contributed by atoms with Crippen LogP contribution in [0.3, 0.4) is 0 Å². The van der Waals surface area contributed by atoms with Crippen LogP contribution < -0.4 is 5.56 Å². The monoisotopic (exact) mass is 336 g/mol. The molecule has 0 fully saturated rings. The van der Waals surface area contributed by atoms with Gasteiger partial charge in [0.05, 0.1) is 12.3 Å². The fourth-order valence-electron chi connectivity index (χ4n) is 1.56. The topological polar surface area (TPSA) is 47.0 Å². The second-order valence-electron chi connectivity index (χ2n) is 3.70. The molecule has 1 N–H and O–H groups in total. The molecular weight excluding hydrogens is 329 g/mol. The molecule has 0 bridgehead atoms. The molecule has 0 aliphatic rings. The highest BCUT2D eigenvalue weighted by Crippen LogP contribution is 2.18. The van der Waals surface area contributed by atoms with E-state index in [4.69, 9.17) is 4.74 Å². The standard InChI is InChI=1S/C11H8BrF3N2O2/c1-19-4-8-10(12)11(18)17(16-8)9-3-6(14)5(13)2-7(9)15/h2-3,16H,4H2,1H3. The van der Waals surface area contributed by atoms with Crippen LogP contribution in [0.2, 0.25) is 0 Å². The molecule has 0 saturated carbocycles. The Morgan fingerprint density at radius 3 is 2.53 bits per heavy atom. The molecule has 1 aromatic heterocycles. The molecule has 8 heteroatoms. The molecule has 1 aromatic carbocycles. The second kappa shape index (κ2) is 5.22. The second-order valence-corrected chi connectivity index (χ2v) is 4.49. The van der Waals surface area contributed by atoms with Crippen molar-refractivity contribution in [1.82, 2.24) is 9.78 Å². The number of aromatic nitrogens is 2. The molecule has 0 aliphatic heterocycles. The van der Waals surface area contributed by atoms with Crippen molar-refractivity contribution < 1.29 is 17.9 Å². The molecule has 0 atom stereocenters. The van der Waals surface area contributed by atoms with E-state index >= 15 is 0 Å². The maximum atomic E-state index is 13.6. The summed E-state index contributed by atoms with van der Waals surface area (Å²) in [6.45, 7) is 0.0775. The third-order valence-corrected chi connectivity index (χ3v) is 3.24. The van der Waals surface area contributed by atoms with Crippen LogP contribution >= 0.6 is 15.9 Å². The minimum atomic E-state index is -1.32. The Balaban J connectivity index is 2.63. The van der Waals surface area contributed by atoms with Gasteiger partial charge in [-0.15, -0.1) is 0 Å². The van der Waals surface area contributed by atoms with Crippen molar-refractivity contribution in [3.8, 4) is 5.69 Å². The number of hydrogen-bond donors (Lipinski definition) is 1. The lowest BCUT2D eigenvalue weighted by molar-refractivity contribution is 0.180. The first-order chi connectivity index (χ1) is 8.95. The zero-order chi connectivity index (χ0) is 14.2. The summed E-state index contributed by atoms with van der Waals surface area (Å²) in [7, 11) is 1.42. The maximum absolute atomic E-state index is 13.6. The number of hydrogen-bond acceptors (Lipinski definition) is 2. The zero-order valence-corrected chi connectivity index (χ0v) is 11.2. The van der Waals surface area contributed by atoms with E-state index in [2.05, 4.69) is 21.0 Å². The highest BCUT2D eigenvalue weighted by Gasteiger charge is 2.17. The summed E-state index contributed by atoms with van der Waals surface area (Å²) in [6.07, 6.45) is 0. The number of nitrogens with zero attached hydrogens (tertiary/aromatic N) is 1. The number of benzene rings is 1. The molecule has 0 radical (unpaired) electrons. The third kappa shape index (κ3) is 2.45. The SMILES string of the molecule is COCc1[nH]n(-c2cc(F)c(F)cc2F)c(=O)c1Br. The highest BCUT2D eigenvalue weighted by molar-refractivity contribution is 9.10. The van der Waals surface area contributed by atoms with Crippen LogP contribution in [0.25, 0.3) is 5.69 Å². The summed E-state index contributed by atoms with van der Waals surface area (Å²) in [5, 5.41) is 2.56. The first kappa shape index (κ1) is 13.9. The van der Waals surface area contributed by atoms with Gasteiger partial charge in [0.25, 0.3) is 5.56 Å². The van der Waals surface area contributed by atoms with E-state index in [0.717, 1.165) is 4.68 Å². The number of H-pyrrole nitrogens is 1. The van der Waals surface area contributed by atoms with E-state index in [1.807, 2.05) is 0 Å². The quantitative estimate of drug-likeness (QED) is 0.875. The Morgan fingerprint density at radius 1 is 1.26 bits per heavy atom. The van der Waals surface area contributed by atoms with Crippen molar-refractivity contribution in [3.63, 3.8) is 0 Å². The van der Waals surface area contributed by atoms with Gasteiger partial charge in [-0.25, -0.2) is 17.9 Å². The van der Waals surface area contributed by atoms with Crippen LogP contribution in [0.4, 0.5) is 13.2 Å². The molecule has 4 nitrogen and oxygen atoms in total. The summed E-state index contributed by atoms with van der Waals surface area (Å²) in [5.74, 6) is -3.63. The first-order valence-electron chi connectivity index (χ1n) is 5.09. The van der Waals surface area contributed by atoms with Gasteiger partial charge in [0.15, 0.2) is 17.5 Å². The van der Waals surface area contributed by atoms with Crippen molar-refractivity contribution in [2.45, 2.75) is 6.61 Å². The predicted molar refractivity (Wildman–Crippen MR) is 64.7 cm³/mol. The minimum absolute atomic E-state index is 0.0775. The normalized spacial score (nSPS) is 11.0.